The molecule has 1 aliphatic rings. The van der Waals surface area contributed by atoms with Gasteiger partial charge in [0.15, 0.2) is 15.0 Å². The van der Waals surface area contributed by atoms with Crippen LogP contribution in [0.2, 0.25) is 0 Å². The van der Waals surface area contributed by atoms with Crippen LogP contribution in [0.25, 0.3) is 0 Å². The molecule has 1 aliphatic heterocycles. The molecule has 0 radical (unpaired) electrons. The van der Waals surface area contributed by atoms with E-state index in [1.54, 1.807) is 7.05 Å². The van der Waals surface area contributed by atoms with Crippen LogP contribution in [0.5, 0.6) is 0 Å². The third-order valence-electron chi connectivity index (χ3n) is 2.56. The van der Waals surface area contributed by atoms with Crippen LogP contribution in [0, 0.1) is 0 Å². The van der Waals surface area contributed by atoms with E-state index in [4.69, 9.17) is 0 Å². The molecule has 1 saturated heterocycles. The Hall–Kier alpha value is -0.660. The van der Waals surface area contributed by atoms with Gasteiger partial charge in [-0.25, -0.2) is 13.4 Å². The second-order valence-electron chi connectivity index (χ2n) is 3.86. The number of nitrogens with zero attached hydrogens (tertiary/aromatic N) is 1. The molecule has 90 valence electrons. The quantitative estimate of drug-likeness (QED) is 0.850. The summed E-state index contributed by atoms with van der Waals surface area (Å²) >= 11 is 1.20. The van der Waals surface area contributed by atoms with Gasteiger partial charge < -0.3 is 10.6 Å². The third kappa shape index (κ3) is 2.21. The molecule has 0 spiro atoms. The van der Waals surface area contributed by atoms with E-state index in [-0.39, 0.29) is 6.04 Å². The fraction of sp³-hybridized carbons (Fsp3) is 0.667. The smallest absolute Gasteiger partial charge is 0.186 e. The van der Waals surface area contributed by atoms with E-state index in [2.05, 4.69) is 15.6 Å². The number of aromatic nitrogens is 1. The van der Waals surface area contributed by atoms with Gasteiger partial charge in [-0.3, -0.25) is 0 Å². The van der Waals surface area contributed by atoms with Crippen LogP contribution in [0.1, 0.15) is 24.6 Å². The molecular formula is C9H15N3O2S2. The molecule has 1 aromatic heterocycles. The monoisotopic (exact) mass is 261 g/mol. The number of thiazole rings is 1. The standard InChI is InChI=1S/C9H15N3O2S2/c1-10-9-12-7(6-4-3-5-11-6)8(15-9)16(2,13)14/h6,11H,3-5H2,1-2H3,(H,10,12)/t6-/m1/s1. The lowest BCUT2D eigenvalue weighted by Gasteiger charge is -2.08. The molecule has 1 aromatic rings. The van der Waals surface area contributed by atoms with Gasteiger partial charge in [-0.05, 0) is 19.4 Å². The van der Waals surface area contributed by atoms with Crippen molar-refractivity contribution in [3.8, 4) is 0 Å². The first-order chi connectivity index (χ1) is 7.52. The van der Waals surface area contributed by atoms with E-state index in [0.29, 0.717) is 15.0 Å². The molecule has 1 fully saturated rings. The predicted octanol–water partition coefficient (Wildman–Crippen LogP) is 1.01. The van der Waals surface area contributed by atoms with Crippen molar-refractivity contribution in [1.82, 2.24) is 10.3 Å². The van der Waals surface area contributed by atoms with Crippen LogP contribution in [0.3, 0.4) is 0 Å². The van der Waals surface area contributed by atoms with Crippen molar-refractivity contribution < 1.29 is 8.42 Å². The number of nitrogens with one attached hydrogen (secondary N) is 2. The maximum atomic E-state index is 11.7. The molecule has 0 aromatic carbocycles. The van der Waals surface area contributed by atoms with Crippen molar-refractivity contribution in [3.05, 3.63) is 5.69 Å². The van der Waals surface area contributed by atoms with Crippen LogP contribution in [0.4, 0.5) is 5.13 Å². The van der Waals surface area contributed by atoms with Gasteiger partial charge in [0.2, 0.25) is 0 Å². The fourth-order valence-corrected chi connectivity index (χ4v) is 3.95. The summed E-state index contributed by atoms with van der Waals surface area (Å²) in [6, 6.07) is 0.0862. The van der Waals surface area contributed by atoms with Crippen molar-refractivity contribution in [2.24, 2.45) is 0 Å². The lowest BCUT2D eigenvalue weighted by atomic mass is 10.2. The summed E-state index contributed by atoms with van der Waals surface area (Å²) in [4.78, 5) is 4.34. The van der Waals surface area contributed by atoms with Crippen molar-refractivity contribution >= 4 is 26.3 Å². The minimum absolute atomic E-state index is 0.0862. The average Bonchev–Trinajstić information content (AvgIpc) is 2.85. The Balaban J connectivity index is 2.45. The number of rotatable bonds is 3. The first kappa shape index (κ1) is 11.8. The maximum absolute atomic E-state index is 11.7. The largest absolute Gasteiger partial charge is 0.365 e. The Kier molecular flexibility index (Phi) is 3.18. The fourth-order valence-electron chi connectivity index (χ4n) is 1.83. The predicted molar refractivity (Wildman–Crippen MR) is 64.7 cm³/mol. The van der Waals surface area contributed by atoms with Crippen LogP contribution in [-0.4, -0.2) is 33.2 Å². The molecule has 0 aliphatic carbocycles. The summed E-state index contributed by atoms with van der Waals surface area (Å²) in [5.74, 6) is 0. The van der Waals surface area contributed by atoms with Crippen LogP contribution < -0.4 is 10.6 Å². The highest BCUT2D eigenvalue weighted by molar-refractivity contribution is 7.92. The minimum atomic E-state index is -3.18. The zero-order valence-electron chi connectivity index (χ0n) is 9.28. The third-order valence-corrected chi connectivity index (χ3v) is 5.49. The summed E-state index contributed by atoms with van der Waals surface area (Å²) in [7, 11) is -1.44. The lowest BCUT2D eigenvalue weighted by Crippen LogP contribution is -2.15. The van der Waals surface area contributed by atoms with E-state index in [1.807, 2.05) is 0 Å². The van der Waals surface area contributed by atoms with Gasteiger partial charge >= 0.3 is 0 Å². The second-order valence-corrected chi connectivity index (χ2v) is 7.07. The zero-order valence-corrected chi connectivity index (χ0v) is 10.9. The van der Waals surface area contributed by atoms with Gasteiger partial charge in [0.05, 0.1) is 11.7 Å². The molecule has 2 rings (SSSR count). The SMILES string of the molecule is CNc1nc([C@H]2CCCN2)c(S(C)(=O)=O)s1. The normalized spacial score (nSPS) is 21.2. The molecule has 0 unspecified atom stereocenters. The topological polar surface area (TPSA) is 71.1 Å². The van der Waals surface area contributed by atoms with Gasteiger partial charge in [-0.2, -0.15) is 0 Å². The first-order valence-corrected chi connectivity index (χ1v) is 7.85. The summed E-state index contributed by atoms with van der Waals surface area (Å²) in [6.07, 6.45) is 3.26. The van der Waals surface area contributed by atoms with Crippen LogP contribution >= 0.6 is 11.3 Å². The van der Waals surface area contributed by atoms with Gasteiger partial charge in [0, 0.05) is 13.3 Å². The summed E-state index contributed by atoms with van der Waals surface area (Å²) in [6.45, 7) is 0.931. The van der Waals surface area contributed by atoms with Crippen molar-refractivity contribution in [1.29, 1.82) is 0 Å². The number of sulfone groups is 1. The number of hydrogen-bond acceptors (Lipinski definition) is 6. The molecule has 5 nitrogen and oxygen atoms in total. The van der Waals surface area contributed by atoms with Gasteiger partial charge in [0.25, 0.3) is 0 Å². The molecule has 0 amide bonds. The minimum Gasteiger partial charge on any atom is -0.365 e. The Morgan fingerprint density at radius 2 is 2.31 bits per heavy atom. The van der Waals surface area contributed by atoms with Gasteiger partial charge in [-0.15, -0.1) is 0 Å². The maximum Gasteiger partial charge on any atom is 0.186 e. The van der Waals surface area contributed by atoms with Crippen molar-refractivity contribution in [3.63, 3.8) is 0 Å². The first-order valence-electron chi connectivity index (χ1n) is 5.14. The summed E-state index contributed by atoms with van der Waals surface area (Å²) in [5.41, 5.74) is 0.675. The Morgan fingerprint density at radius 1 is 1.56 bits per heavy atom. The van der Waals surface area contributed by atoms with Crippen molar-refractivity contribution in [2.75, 3.05) is 25.2 Å². The van der Waals surface area contributed by atoms with Crippen LogP contribution in [0.15, 0.2) is 4.21 Å². The highest BCUT2D eigenvalue weighted by Gasteiger charge is 2.27. The molecule has 2 heterocycles. The second kappa shape index (κ2) is 4.31. The van der Waals surface area contributed by atoms with Crippen molar-refractivity contribution in [2.45, 2.75) is 23.1 Å². The highest BCUT2D eigenvalue weighted by Crippen LogP contribution is 2.34. The molecule has 1 atom stereocenters. The van der Waals surface area contributed by atoms with Crippen LogP contribution in [-0.2, 0) is 9.84 Å². The van der Waals surface area contributed by atoms with E-state index in [1.165, 1.54) is 17.6 Å². The van der Waals surface area contributed by atoms with E-state index in [9.17, 15) is 8.42 Å². The molecular weight excluding hydrogens is 246 g/mol. The highest BCUT2D eigenvalue weighted by atomic mass is 32.2. The van der Waals surface area contributed by atoms with E-state index >= 15 is 0 Å². The number of hydrogen-bond donors (Lipinski definition) is 2. The van der Waals surface area contributed by atoms with E-state index < -0.39 is 9.84 Å². The molecule has 16 heavy (non-hydrogen) atoms. The van der Waals surface area contributed by atoms with Gasteiger partial charge in [-0.1, -0.05) is 11.3 Å². The van der Waals surface area contributed by atoms with E-state index in [0.717, 1.165) is 19.4 Å². The Labute approximate surface area is 99.2 Å². The molecule has 0 saturated carbocycles. The molecule has 0 bridgehead atoms. The van der Waals surface area contributed by atoms with Gasteiger partial charge in [0.1, 0.15) is 4.21 Å². The Bertz CT molecular complexity index is 475. The Morgan fingerprint density at radius 3 is 2.81 bits per heavy atom. The molecule has 7 heteroatoms. The number of anilines is 1. The zero-order chi connectivity index (χ0) is 11.8. The lowest BCUT2D eigenvalue weighted by molar-refractivity contribution is 0.591. The molecule has 2 N–H and O–H groups in total. The summed E-state index contributed by atoms with van der Waals surface area (Å²) in [5, 5.41) is 6.83. The summed E-state index contributed by atoms with van der Waals surface area (Å²) < 4.78 is 23.7. The average molecular weight is 261 g/mol.